The van der Waals surface area contributed by atoms with E-state index < -0.39 is 0 Å². The summed E-state index contributed by atoms with van der Waals surface area (Å²) in [6.07, 6.45) is 2.42. The number of likely N-dealkylation sites (tertiary alicyclic amines) is 1. The number of para-hydroxylation sites is 1. The molecule has 5 nitrogen and oxygen atoms in total. The molecular formula is C19H25N3O2. The molecule has 1 aromatic heterocycles. The standard InChI is InChI=1S/C19H25N3O2/c1-13-18(14(2)21(3)20-13)16-7-5-9-22(16)12-15-6-4-8-17-19(15)24-11-10-23-17/h4,6,8,16H,5,7,9-12H2,1-3H3. The number of fused-ring (bicyclic) bond motifs is 1. The summed E-state index contributed by atoms with van der Waals surface area (Å²) in [4.78, 5) is 2.56. The molecule has 2 aliphatic rings. The smallest absolute Gasteiger partial charge is 0.165 e. The zero-order chi connectivity index (χ0) is 16.7. The number of rotatable bonds is 3. The second kappa shape index (κ2) is 6.13. The molecule has 2 aliphatic heterocycles. The average Bonchev–Trinajstić information content (AvgIpc) is 3.12. The number of hydrogen-bond acceptors (Lipinski definition) is 4. The van der Waals surface area contributed by atoms with E-state index in [4.69, 9.17) is 9.47 Å². The fourth-order valence-corrected chi connectivity index (χ4v) is 4.09. The number of aromatic nitrogens is 2. The third kappa shape index (κ3) is 2.57. The molecule has 24 heavy (non-hydrogen) atoms. The summed E-state index contributed by atoms with van der Waals surface area (Å²) in [5, 5.41) is 4.61. The molecule has 1 saturated heterocycles. The summed E-state index contributed by atoms with van der Waals surface area (Å²) in [5.74, 6) is 1.80. The highest BCUT2D eigenvalue weighted by Crippen LogP contribution is 2.39. The van der Waals surface area contributed by atoms with E-state index in [1.54, 1.807) is 0 Å². The Labute approximate surface area is 143 Å². The largest absolute Gasteiger partial charge is 0.486 e. The fraction of sp³-hybridized carbons (Fsp3) is 0.526. The van der Waals surface area contributed by atoms with Crippen molar-refractivity contribution in [3.05, 3.63) is 40.7 Å². The van der Waals surface area contributed by atoms with Gasteiger partial charge < -0.3 is 9.47 Å². The van der Waals surface area contributed by atoms with E-state index >= 15 is 0 Å². The van der Waals surface area contributed by atoms with Gasteiger partial charge in [-0.1, -0.05) is 12.1 Å². The molecular weight excluding hydrogens is 302 g/mol. The van der Waals surface area contributed by atoms with Crippen molar-refractivity contribution < 1.29 is 9.47 Å². The SMILES string of the molecule is Cc1nn(C)c(C)c1C1CCCN1Cc1cccc2c1OCCO2. The van der Waals surface area contributed by atoms with E-state index in [1.807, 2.05) is 17.8 Å². The van der Waals surface area contributed by atoms with Crippen molar-refractivity contribution in [1.29, 1.82) is 0 Å². The highest BCUT2D eigenvalue weighted by molar-refractivity contribution is 5.47. The van der Waals surface area contributed by atoms with Crippen LogP contribution in [-0.4, -0.2) is 34.4 Å². The predicted octanol–water partition coefficient (Wildman–Crippen LogP) is 3.15. The molecule has 1 atom stereocenters. The number of aryl methyl sites for hydroxylation is 2. The highest BCUT2D eigenvalue weighted by atomic mass is 16.6. The van der Waals surface area contributed by atoms with Crippen LogP contribution in [-0.2, 0) is 13.6 Å². The van der Waals surface area contributed by atoms with Gasteiger partial charge in [0.2, 0.25) is 0 Å². The van der Waals surface area contributed by atoms with Crippen LogP contribution < -0.4 is 9.47 Å². The van der Waals surface area contributed by atoms with Gasteiger partial charge in [0.15, 0.2) is 11.5 Å². The Balaban J connectivity index is 1.63. The number of benzene rings is 1. The zero-order valence-electron chi connectivity index (χ0n) is 14.7. The molecule has 0 aliphatic carbocycles. The van der Waals surface area contributed by atoms with Crippen LogP contribution in [0.5, 0.6) is 11.5 Å². The van der Waals surface area contributed by atoms with Crippen LogP contribution in [0.3, 0.4) is 0 Å². The van der Waals surface area contributed by atoms with Crippen molar-refractivity contribution >= 4 is 0 Å². The third-order valence-corrected chi connectivity index (χ3v) is 5.28. The van der Waals surface area contributed by atoms with Gasteiger partial charge in [0.25, 0.3) is 0 Å². The van der Waals surface area contributed by atoms with Crippen molar-refractivity contribution in [2.45, 2.75) is 39.3 Å². The van der Waals surface area contributed by atoms with Crippen LogP contribution in [0.25, 0.3) is 0 Å². The van der Waals surface area contributed by atoms with E-state index in [1.165, 1.54) is 29.7 Å². The van der Waals surface area contributed by atoms with Gasteiger partial charge in [-0.3, -0.25) is 9.58 Å². The summed E-state index contributed by atoms with van der Waals surface area (Å²) < 4.78 is 13.6. The molecule has 0 amide bonds. The first-order valence-corrected chi connectivity index (χ1v) is 8.77. The van der Waals surface area contributed by atoms with Crippen molar-refractivity contribution in [3.63, 3.8) is 0 Å². The van der Waals surface area contributed by atoms with E-state index in [9.17, 15) is 0 Å². The van der Waals surface area contributed by atoms with Crippen LogP contribution in [0.2, 0.25) is 0 Å². The first kappa shape index (κ1) is 15.5. The maximum absolute atomic E-state index is 5.89. The Morgan fingerprint density at radius 3 is 2.83 bits per heavy atom. The number of nitrogens with zero attached hydrogens (tertiary/aromatic N) is 3. The molecule has 0 bridgehead atoms. The lowest BCUT2D eigenvalue weighted by molar-refractivity contribution is 0.165. The molecule has 0 spiro atoms. The van der Waals surface area contributed by atoms with Crippen LogP contribution in [0.1, 0.15) is 41.4 Å². The molecule has 0 radical (unpaired) electrons. The second-order valence-electron chi connectivity index (χ2n) is 6.78. The minimum Gasteiger partial charge on any atom is -0.486 e. The minimum absolute atomic E-state index is 0.444. The first-order chi connectivity index (χ1) is 11.6. The molecule has 0 N–H and O–H groups in total. The van der Waals surface area contributed by atoms with Gasteiger partial charge in [-0.05, 0) is 39.3 Å². The van der Waals surface area contributed by atoms with E-state index in [0.29, 0.717) is 19.3 Å². The zero-order valence-corrected chi connectivity index (χ0v) is 14.7. The van der Waals surface area contributed by atoms with Crippen LogP contribution in [0.15, 0.2) is 18.2 Å². The van der Waals surface area contributed by atoms with Gasteiger partial charge in [0.05, 0.1) is 5.69 Å². The highest BCUT2D eigenvalue weighted by Gasteiger charge is 2.31. The van der Waals surface area contributed by atoms with Gasteiger partial charge in [0.1, 0.15) is 13.2 Å². The molecule has 1 fully saturated rings. The summed E-state index contributed by atoms with van der Waals surface area (Å²) >= 11 is 0. The monoisotopic (exact) mass is 327 g/mol. The second-order valence-corrected chi connectivity index (χ2v) is 6.78. The lowest BCUT2D eigenvalue weighted by Crippen LogP contribution is -2.25. The molecule has 0 saturated carbocycles. The summed E-state index contributed by atoms with van der Waals surface area (Å²) in [7, 11) is 2.03. The molecule has 2 aromatic rings. The van der Waals surface area contributed by atoms with E-state index in [-0.39, 0.29) is 0 Å². The molecule has 1 unspecified atom stereocenters. The lowest BCUT2D eigenvalue weighted by atomic mass is 10.0. The molecule has 1 aromatic carbocycles. The van der Waals surface area contributed by atoms with Crippen LogP contribution in [0, 0.1) is 13.8 Å². The average molecular weight is 327 g/mol. The predicted molar refractivity (Wildman–Crippen MR) is 92.5 cm³/mol. The van der Waals surface area contributed by atoms with Crippen molar-refractivity contribution in [2.75, 3.05) is 19.8 Å². The van der Waals surface area contributed by atoms with E-state index in [0.717, 1.165) is 30.3 Å². The Bertz CT molecular complexity index is 753. The maximum atomic E-state index is 5.89. The summed E-state index contributed by atoms with van der Waals surface area (Å²) in [5.41, 5.74) is 5.05. The maximum Gasteiger partial charge on any atom is 0.165 e. The quantitative estimate of drug-likeness (QED) is 0.868. The fourth-order valence-electron chi connectivity index (χ4n) is 4.09. The lowest BCUT2D eigenvalue weighted by Gasteiger charge is -2.27. The van der Waals surface area contributed by atoms with Gasteiger partial charge in [-0.15, -0.1) is 0 Å². The third-order valence-electron chi connectivity index (χ3n) is 5.28. The molecule has 5 heteroatoms. The Morgan fingerprint density at radius 2 is 2.04 bits per heavy atom. The van der Waals surface area contributed by atoms with Gasteiger partial charge in [-0.25, -0.2) is 0 Å². The van der Waals surface area contributed by atoms with Gasteiger partial charge >= 0.3 is 0 Å². The van der Waals surface area contributed by atoms with Gasteiger partial charge in [-0.2, -0.15) is 5.10 Å². The summed E-state index contributed by atoms with van der Waals surface area (Å²) in [6, 6.07) is 6.66. The van der Waals surface area contributed by atoms with Crippen LogP contribution >= 0.6 is 0 Å². The topological polar surface area (TPSA) is 39.5 Å². The van der Waals surface area contributed by atoms with Crippen LogP contribution in [0.4, 0.5) is 0 Å². The Morgan fingerprint density at radius 1 is 1.21 bits per heavy atom. The minimum atomic E-state index is 0.444. The van der Waals surface area contributed by atoms with Crippen molar-refractivity contribution in [3.8, 4) is 11.5 Å². The molecule has 4 rings (SSSR count). The number of ether oxygens (including phenoxy) is 2. The number of hydrogen-bond donors (Lipinski definition) is 0. The Kier molecular flexibility index (Phi) is 3.96. The molecule has 128 valence electrons. The Hall–Kier alpha value is -2.01. The van der Waals surface area contributed by atoms with Crippen molar-refractivity contribution in [2.24, 2.45) is 7.05 Å². The first-order valence-electron chi connectivity index (χ1n) is 8.77. The van der Waals surface area contributed by atoms with E-state index in [2.05, 4.69) is 36.0 Å². The summed E-state index contributed by atoms with van der Waals surface area (Å²) in [6.45, 7) is 7.58. The van der Waals surface area contributed by atoms with Gasteiger partial charge in [0, 0.05) is 36.5 Å². The van der Waals surface area contributed by atoms with Crippen molar-refractivity contribution in [1.82, 2.24) is 14.7 Å². The normalized spacial score (nSPS) is 20.5. The molecule has 3 heterocycles.